The Kier molecular flexibility index (Phi) is 8.06. The minimum atomic E-state index is -0.628. The van der Waals surface area contributed by atoms with Gasteiger partial charge in [-0.15, -0.1) is 0 Å². The summed E-state index contributed by atoms with van der Waals surface area (Å²) in [5.41, 5.74) is 0.453. The highest BCUT2D eigenvalue weighted by Crippen LogP contribution is 2.10. The SMILES string of the molecule is CCC(O)CCNC(=O)C(NC(=O)c1ccc(Cl)cc1)C(C)C. The van der Waals surface area contributed by atoms with E-state index >= 15 is 0 Å². The molecule has 0 aliphatic carbocycles. The number of aliphatic hydroxyl groups is 1. The lowest BCUT2D eigenvalue weighted by atomic mass is 10.0. The number of hydrogen-bond acceptors (Lipinski definition) is 3. The molecule has 0 saturated carbocycles. The third-order valence-electron chi connectivity index (χ3n) is 3.59. The molecule has 2 amide bonds. The van der Waals surface area contributed by atoms with Crippen LogP contribution in [0.1, 0.15) is 44.0 Å². The van der Waals surface area contributed by atoms with E-state index in [4.69, 9.17) is 11.6 Å². The van der Waals surface area contributed by atoms with Crippen LogP contribution in [0.5, 0.6) is 0 Å². The Balaban J connectivity index is 2.61. The zero-order valence-corrected chi connectivity index (χ0v) is 14.6. The van der Waals surface area contributed by atoms with E-state index < -0.39 is 12.1 Å². The molecule has 1 aromatic carbocycles. The van der Waals surface area contributed by atoms with Gasteiger partial charge in [0.05, 0.1) is 6.10 Å². The fraction of sp³-hybridized carbons (Fsp3) is 0.529. The number of carbonyl (C=O) groups excluding carboxylic acids is 2. The number of amides is 2. The summed E-state index contributed by atoms with van der Waals surface area (Å²) in [5, 5.41) is 15.6. The molecule has 0 saturated heterocycles. The highest BCUT2D eigenvalue weighted by atomic mass is 35.5. The molecular weight excluding hydrogens is 316 g/mol. The van der Waals surface area contributed by atoms with Crippen molar-refractivity contribution in [1.29, 1.82) is 0 Å². The molecular formula is C17H25ClN2O3. The Morgan fingerprint density at radius 1 is 1.22 bits per heavy atom. The molecule has 1 aromatic rings. The van der Waals surface area contributed by atoms with E-state index in [1.165, 1.54) is 0 Å². The van der Waals surface area contributed by atoms with Crippen LogP contribution in [0, 0.1) is 5.92 Å². The van der Waals surface area contributed by atoms with Crippen molar-refractivity contribution in [3.63, 3.8) is 0 Å². The number of carbonyl (C=O) groups is 2. The summed E-state index contributed by atoms with van der Waals surface area (Å²) < 4.78 is 0. The van der Waals surface area contributed by atoms with E-state index in [9.17, 15) is 14.7 Å². The second-order valence-electron chi connectivity index (χ2n) is 5.84. The average molecular weight is 341 g/mol. The van der Waals surface area contributed by atoms with Gasteiger partial charge in [-0.25, -0.2) is 0 Å². The van der Waals surface area contributed by atoms with Gasteiger partial charge in [0, 0.05) is 17.1 Å². The zero-order chi connectivity index (χ0) is 17.4. The number of rotatable bonds is 8. The van der Waals surface area contributed by atoms with Crippen LogP contribution in [0.2, 0.25) is 5.02 Å². The van der Waals surface area contributed by atoms with Crippen LogP contribution in [0.3, 0.4) is 0 Å². The topological polar surface area (TPSA) is 78.4 Å². The number of nitrogens with one attached hydrogen (secondary N) is 2. The van der Waals surface area contributed by atoms with Crippen LogP contribution >= 0.6 is 11.6 Å². The van der Waals surface area contributed by atoms with E-state index in [2.05, 4.69) is 10.6 Å². The van der Waals surface area contributed by atoms with Gasteiger partial charge in [-0.05, 0) is 43.0 Å². The molecule has 0 fully saturated rings. The van der Waals surface area contributed by atoms with Crippen LogP contribution < -0.4 is 10.6 Å². The van der Waals surface area contributed by atoms with Crippen molar-refractivity contribution in [3.05, 3.63) is 34.9 Å². The maximum atomic E-state index is 12.2. The fourth-order valence-corrected chi connectivity index (χ4v) is 2.16. The van der Waals surface area contributed by atoms with Gasteiger partial charge in [0.1, 0.15) is 6.04 Å². The summed E-state index contributed by atoms with van der Waals surface area (Å²) in [6.45, 7) is 6.00. The Hall–Kier alpha value is -1.59. The Labute approximate surface area is 142 Å². The maximum Gasteiger partial charge on any atom is 0.251 e. The molecule has 5 nitrogen and oxygen atoms in total. The normalized spacial score (nSPS) is 13.5. The molecule has 128 valence electrons. The minimum Gasteiger partial charge on any atom is -0.393 e. The first-order chi connectivity index (χ1) is 10.8. The van der Waals surface area contributed by atoms with Crippen molar-refractivity contribution < 1.29 is 14.7 Å². The monoisotopic (exact) mass is 340 g/mol. The molecule has 23 heavy (non-hydrogen) atoms. The first-order valence-electron chi connectivity index (χ1n) is 7.87. The molecule has 2 unspecified atom stereocenters. The van der Waals surface area contributed by atoms with Crippen molar-refractivity contribution in [2.75, 3.05) is 6.54 Å². The average Bonchev–Trinajstić information content (AvgIpc) is 2.52. The first-order valence-corrected chi connectivity index (χ1v) is 8.25. The zero-order valence-electron chi connectivity index (χ0n) is 13.8. The molecule has 0 heterocycles. The number of aliphatic hydroxyl groups excluding tert-OH is 1. The van der Waals surface area contributed by atoms with Gasteiger partial charge in [0.25, 0.3) is 5.91 Å². The Morgan fingerprint density at radius 2 is 1.83 bits per heavy atom. The number of halogens is 1. The lowest BCUT2D eigenvalue weighted by Crippen LogP contribution is -2.50. The van der Waals surface area contributed by atoms with Crippen LogP contribution in [0.4, 0.5) is 0 Å². The van der Waals surface area contributed by atoms with E-state index in [0.717, 1.165) is 0 Å². The van der Waals surface area contributed by atoms with Crippen LogP contribution in [0.15, 0.2) is 24.3 Å². The first kappa shape index (κ1) is 19.5. The molecule has 0 aromatic heterocycles. The summed E-state index contributed by atoms with van der Waals surface area (Å²) in [6.07, 6.45) is 0.728. The molecule has 0 bridgehead atoms. The molecule has 2 atom stereocenters. The third-order valence-corrected chi connectivity index (χ3v) is 3.84. The molecule has 1 rings (SSSR count). The van der Waals surface area contributed by atoms with Gasteiger partial charge in [-0.2, -0.15) is 0 Å². The van der Waals surface area contributed by atoms with Crippen molar-refractivity contribution in [1.82, 2.24) is 10.6 Å². The van der Waals surface area contributed by atoms with Crippen LogP contribution in [0.25, 0.3) is 0 Å². The van der Waals surface area contributed by atoms with Crippen LogP contribution in [-0.4, -0.2) is 35.6 Å². The molecule has 0 radical (unpaired) electrons. The summed E-state index contributed by atoms with van der Waals surface area (Å²) in [5.74, 6) is -0.614. The molecule has 3 N–H and O–H groups in total. The van der Waals surface area contributed by atoms with Gasteiger partial charge < -0.3 is 15.7 Å². The lowest BCUT2D eigenvalue weighted by molar-refractivity contribution is -0.124. The summed E-state index contributed by atoms with van der Waals surface area (Å²) >= 11 is 5.80. The number of benzene rings is 1. The summed E-state index contributed by atoms with van der Waals surface area (Å²) in [6, 6.07) is 5.87. The predicted octanol–water partition coefficient (Wildman–Crippen LogP) is 2.37. The quantitative estimate of drug-likeness (QED) is 0.679. The standard InChI is InChI=1S/C17H25ClN2O3/c1-4-14(21)9-10-19-17(23)15(11(2)3)20-16(22)12-5-7-13(18)8-6-12/h5-8,11,14-15,21H,4,9-10H2,1-3H3,(H,19,23)(H,20,22). The maximum absolute atomic E-state index is 12.2. The van der Waals surface area contributed by atoms with Crippen molar-refractivity contribution in [2.24, 2.45) is 5.92 Å². The largest absolute Gasteiger partial charge is 0.393 e. The van der Waals surface area contributed by atoms with Crippen LogP contribution in [-0.2, 0) is 4.79 Å². The highest BCUT2D eigenvalue weighted by Gasteiger charge is 2.24. The fourth-order valence-electron chi connectivity index (χ4n) is 2.04. The van der Waals surface area contributed by atoms with Gasteiger partial charge in [-0.3, -0.25) is 9.59 Å². The predicted molar refractivity (Wildman–Crippen MR) is 91.5 cm³/mol. The van der Waals surface area contributed by atoms with E-state index in [1.54, 1.807) is 24.3 Å². The second kappa shape index (κ2) is 9.53. The second-order valence-corrected chi connectivity index (χ2v) is 6.28. The Morgan fingerprint density at radius 3 is 2.35 bits per heavy atom. The van der Waals surface area contributed by atoms with E-state index in [1.807, 2.05) is 20.8 Å². The van der Waals surface area contributed by atoms with E-state index in [0.29, 0.717) is 30.0 Å². The lowest BCUT2D eigenvalue weighted by Gasteiger charge is -2.22. The molecule has 6 heteroatoms. The third kappa shape index (κ3) is 6.59. The smallest absolute Gasteiger partial charge is 0.251 e. The van der Waals surface area contributed by atoms with Gasteiger partial charge in [0.15, 0.2) is 0 Å². The van der Waals surface area contributed by atoms with Gasteiger partial charge in [0.2, 0.25) is 5.91 Å². The van der Waals surface area contributed by atoms with E-state index in [-0.39, 0.29) is 17.7 Å². The summed E-state index contributed by atoms with van der Waals surface area (Å²) in [4.78, 5) is 24.5. The highest BCUT2D eigenvalue weighted by molar-refractivity contribution is 6.30. The Bertz CT molecular complexity index is 517. The van der Waals surface area contributed by atoms with Gasteiger partial charge >= 0.3 is 0 Å². The summed E-state index contributed by atoms with van der Waals surface area (Å²) in [7, 11) is 0. The van der Waals surface area contributed by atoms with Crippen molar-refractivity contribution in [2.45, 2.75) is 45.8 Å². The molecule has 0 aliphatic heterocycles. The van der Waals surface area contributed by atoms with Crippen molar-refractivity contribution in [3.8, 4) is 0 Å². The molecule has 0 spiro atoms. The minimum absolute atomic E-state index is 0.0534. The molecule has 0 aliphatic rings. The number of hydrogen-bond donors (Lipinski definition) is 3. The van der Waals surface area contributed by atoms with Crippen molar-refractivity contribution >= 4 is 23.4 Å². The van der Waals surface area contributed by atoms with Gasteiger partial charge in [-0.1, -0.05) is 32.4 Å².